The Hall–Kier alpha value is -7.10. The van der Waals surface area contributed by atoms with Crippen LogP contribution in [0.4, 0.5) is 0 Å². The summed E-state index contributed by atoms with van der Waals surface area (Å²) in [6.45, 7) is 0. The number of benzene rings is 8. The number of nitrogens with zero attached hydrogens (tertiary/aromatic N) is 2. The van der Waals surface area contributed by atoms with Crippen molar-refractivity contribution in [1.82, 2.24) is 9.97 Å². The molecule has 0 spiro atoms. The van der Waals surface area contributed by atoms with Crippen LogP contribution in [0.25, 0.3) is 100.0 Å². The molecule has 0 atom stereocenters. The summed E-state index contributed by atoms with van der Waals surface area (Å²) in [5, 5.41) is 4.49. The van der Waals surface area contributed by atoms with E-state index in [0.717, 1.165) is 83.0 Å². The van der Waals surface area contributed by atoms with Crippen molar-refractivity contribution in [3.8, 4) is 67.3 Å². The Bertz CT molecular complexity index is 2920. The van der Waals surface area contributed by atoms with Crippen molar-refractivity contribution in [3.05, 3.63) is 194 Å². The molecule has 2 heterocycles. The molecule has 10 aromatic rings. The van der Waals surface area contributed by atoms with E-state index in [4.69, 9.17) is 14.4 Å². The van der Waals surface area contributed by atoms with Gasteiger partial charge in [-0.2, -0.15) is 0 Å². The average Bonchev–Trinajstić information content (AvgIpc) is 3.62. The quantitative estimate of drug-likeness (QED) is 0.176. The highest BCUT2D eigenvalue weighted by molar-refractivity contribution is 6.06. The number of furan rings is 1. The Morgan fingerprint density at radius 3 is 1.60 bits per heavy atom. The summed E-state index contributed by atoms with van der Waals surface area (Å²) in [5.41, 5.74) is 13.4. The van der Waals surface area contributed by atoms with Gasteiger partial charge in [-0.25, -0.2) is 9.97 Å². The van der Waals surface area contributed by atoms with E-state index < -0.39 is 0 Å². The zero-order valence-corrected chi connectivity index (χ0v) is 28.8. The number of hydrogen-bond donors (Lipinski definition) is 0. The van der Waals surface area contributed by atoms with Crippen molar-refractivity contribution >= 4 is 32.7 Å². The zero-order valence-electron chi connectivity index (χ0n) is 28.8. The van der Waals surface area contributed by atoms with E-state index in [2.05, 4.69) is 176 Å². The highest BCUT2D eigenvalue weighted by Gasteiger charge is 2.16. The number of hydrogen-bond acceptors (Lipinski definition) is 3. The first-order chi connectivity index (χ1) is 26.2. The third kappa shape index (κ3) is 5.75. The van der Waals surface area contributed by atoms with Gasteiger partial charge >= 0.3 is 0 Å². The molecule has 2 aromatic heterocycles. The van der Waals surface area contributed by atoms with Gasteiger partial charge in [0.05, 0.1) is 11.4 Å². The van der Waals surface area contributed by atoms with Crippen molar-refractivity contribution < 1.29 is 4.42 Å². The zero-order chi connectivity index (χ0) is 35.1. The maximum Gasteiger partial charge on any atom is 0.161 e. The van der Waals surface area contributed by atoms with Gasteiger partial charge in [0, 0.05) is 27.5 Å². The van der Waals surface area contributed by atoms with Crippen LogP contribution in [0.1, 0.15) is 0 Å². The third-order valence-electron chi connectivity index (χ3n) is 10.1. The van der Waals surface area contributed by atoms with Gasteiger partial charge in [0.15, 0.2) is 5.82 Å². The van der Waals surface area contributed by atoms with Crippen molar-refractivity contribution in [1.29, 1.82) is 0 Å². The lowest BCUT2D eigenvalue weighted by Gasteiger charge is -2.14. The molecule has 3 heteroatoms. The Morgan fingerprint density at radius 1 is 0.302 bits per heavy atom. The number of aromatic nitrogens is 2. The summed E-state index contributed by atoms with van der Waals surface area (Å²) in [7, 11) is 0. The second-order valence-corrected chi connectivity index (χ2v) is 13.4. The van der Waals surface area contributed by atoms with Crippen LogP contribution in [0, 0.1) is 0 Å². The Morgan fingerprint density at radius 2 is 0.830 bits per heavy atom. The minimum Gasteiger partial charge on any atom is -0.456 e. The molecule has 53 heavy (non-hydrogen) atoms. The standard InChI is InChI=1S/C50H32N2O/c1-3-12-33(13-4-1)34-22-24-35(25-23-34)39-28-40(38-26-27-49-45(31-38)43-19-9-10-21-48(43)53-49)30-41(29-39)47-32-46(37-15-5-2-6-16-37)51-50(52-47)44-20-11-17-36-14-7-8-18-42(36)44/h1-32H. The van der Waals surface area contributed by atoms with Crippen LogP contribution in [0.2, 0.25) is 0 Å². The van der Waals surface area contributed by atoms with Crippen LogP contribution in [-0.2, 0) is 0 Å². The van der Waals surface area contributed by atoms with E-state index in [9.17, 15) is 0 Å². The molecule has 10 rings (SSSR count). The first-order valence-corrected chi connectivity index (χ1v) is 17.9. The van der Waals surface area contributed by atoms with Crippen LogP contribution in [0.3, 0.4) is 0 Å². The van der Waals surface area contributed by atoms with Gasteiger partial charge in [0.2, 0.25) is 0 Å². The van der Waals surface area contributed by atoms with Gasteiger partial charge < -0.3 is 4.42 Å². The van der Waals surface area contributed by atoms with Gasteiger partial charge in [-0.3, -0.25) is 0 Å². The van der Waals surface area contributed by atoms with Crippen molar-refractivity contribution in [2.75, 3.05) is 0 Å². The average molecular weight is 677 g/mol. The molecule has 0 fully saturated rings. The highest BCUT2D eigenvalue weighted by atomic mass is 16.3. The molecule has 248 valence electrons. The van der Waals surface area contributed by atoms with E-state index in [1.165, 1.54) is 11.1 Å². The molecule has 0 saturated heterocycles. The third-order valence-corrected chi connectivity index (χ3v) is 10.1. The van der Waals surface area contributed by atoms with E-state index in [1.54, 1.807) is 0 Å². The molecular weight excluding hydrogens is 645 g/mol. The predicted octanol–water partition coefficient (Wildman–Crippen LogP) is 13.5. The second-order valence-electron chi connectivity index (χ2n) is 13.4. The van der Waals surface area contributed by atoms with Crippen molar-refractivity contribution in [2.24, 2.45) is 0 Å². The SMILES string of the molecule is c1ccc(-c2ccc(-c3cc(-c4ccc5oc6ccccc6c5c4)cc(-c4cc(-c5ccccc5)nc(-c5cccc6ccccc56)n4)c3)cc2)cc1. The Kier molecular flexibility index (Phi) is 7.47. The number of rotatable bonds is 6. The molecular formula is C50H32N2O. The summed E-state index contributed by atoms with van der Waals surface area (Å²) in [4.78, 5) is 10.5. The van der Waals surface area contributed by atoms with Crippen LogP contribution in [-0.4, -0.2) is 9.97 Å². The van der Waals surface area contributed by atoms with Crippen LogP contribution < -0.4 is 0 Å². The van der Waals surface area contributed by atoms with Crippen LogP contribution in [0.5, 0.6) is 0 Å². The molecule has 3 nitrogen and oxygen atoms in total. The maximum atomic E-state index is 6.20. The molecule has 0 radical (unpaired) electrons. The molecule has 0 bridgehead atoms. The largest absolute Gasteiger partial charge is 0.456 e. The van der Waals surface area contributed by atoms with Gasteiger partial charge in [-0.15, -0.1) is 0 Å². The summed E-state index contributed by atoms with van der Waals surface area (Å²) >= 11 is 0. The van der Waals surface area contributed by atoms with Gasteiger partial charge in [-0.1, -0.05) is 152 Å². The lowest BCUT2D eigenvalue weighted by Crippen LogP contribution is -1.97. The Labute approximate surface area is 307 Å². The van der Waals surface area contributed by atoms with E-state index >= 15 is 0 Å². The van der Waals surface area contributed by atoms with Crippen LogP contribution in [0.15, 0.2) is 199 Å². The van der Waals surface area contributed by atoms with E-state index in [1.807, 2.05) is 18.2 Å². The molecule has 8 aromatic carbocycles. The predicted molar refractivity (Wildman–Crippen MR) is 219 cm³/mol. The molecule has 0 N–H and O–H groups in total. The topological polar surface area (TPSA) is 38.9 Å². The minimum absolute atomic E-state index is 0.698. The Balaban J connectivity index is 1.19. The monoisotopic (exact) mass is 676 g/mol. The molecule has 0 amide bonds. The minimum atomic E-state index is 0.698. The van der Waals surface area contributed by atoms with Crippen LogP contribution >= 0.6 is 0 Å². The summed E-state index contributed by atoms with van der Waals surface area (Å²) < 4.78 is 6.20. The summed E-state index contributed by atoms with van der Waals surface area (Å²) in [5.74, 6) is 0.698. The fourth-order valence-corrected chi connectivity index (χ4v) is 7.39. The highest BCUT2D eigenvalue weighted by Crippen LogP contribution is 2.38. The first-order valence-electron chi connectivity index (χ1n) is 17.9. The lowest BCUT2D eigenvalue weighted by atomic mass is 9.93. The molecule has 0 aliphatic heterocycles. The van der Waals surface area contributed by atoms with Crippen molar-refractivity contribution in [2.45, 2.75) is 0 Å². The van der Waals surface area contributed by atoms with Crippen molar-refractivity contribution in [3.63, 3.8) is 0 Å². The summed E-state index contributed by atoms with van der Waals surface area (Å²) in [6, 6.07) is 68.2. The lowest BCUT2D eigenvalue weighted by molar-refractivity contribution is 0.669. The molecule has 0 aliphatic carbocycles. The summed E-state index contributed by atoms with van der Waals surface area (Å²) in [6.07, 6.45) is 0. The fourth-order valence-electron chi connectivity index (χ4n) is 7.39. The molecule has 0 saturated carbocycles. The maximum absolute atomic E-state index is 6.20. The fraction of sp³-hybridized carbons (Fsp3) is 0. The number of fused-ring (bicyclic) bond motifs is 4. The molecule has 0 aliphatic rings. The van der Waals surface area contributed by atoms with E-state index in [0.29, 0.717) is 5.82 Å². The molecule has 0 unspecified atom stereocenters. The second kappa shape index (κ2) is 12.9. The first kappa shape index (κ1) is 30.7. The van der Waals surface area contributed by atoms with Gasteiger partial charge in [0.1, 0.15) is 11.2 Å². The normalized spacial score (nSPS) is 11.4. The number of para-hydroxylation sites is 1. The van der Waals surface area contributed by atoms with Gasteiger partial charge in [-0.05, 0) is 86.6 Å². The van der Waals surface area contributed by atoms with Gasteiger partial charge in [0.25, 0.3) is 0 Å². The van der Waals surface area contributed by atoms with E-state index in [-0.39, 0.29) is 0 Å². The smallest absolute Gasteiger partial charge is 0.161 e.